The van der Waals surface area contributed by atoms with E-state index in [1.54, 1.807) is 4.90 Å². The maximum absolute atomic E-state index is 13.1. The summed E-state index contributed by atoms with van der Waals surface area (Å²) in [5, 5.41) is 0. The summed E-state index contributed by atoms with van der Waals surface area (Å²) in [5.41, 5.74) is -0.461. The fourth-order valence-electron chi connectivity index (χ4n) is 5.51. The number of carbonyl (C=O) groups is 2. The summed E-state index contributed by atoms with van der Waals surface area (Å²) in [6.45, 7) is 2.05. The normalized spacial score (nSPS) is 50.0. The minimum atomic E-state index is -0.461. The van der Waals surface area contributed by atoms with Gasteiger partial charge in [0.25, 0.3) is 0 Å². The smallest absolute Gasteiger partial charge is 0.236 e. The zero-order chi connectivity index (χ0) is 14.9. The Balaban J connectivity index is 1.70. The molecule has 3 aliphatic carbocycles. The Morgan fingerprint density at radius 1 is 1.10 bits per heavy atom. The first-order chi connectivity index (χ1) is 9.98. The number of rotatable bonds is 1. The Kier molecular flexibility index (Phi) is 3.35. The molecule has 5 heteroatoms. The minimum Gasteiger partial charge on any atom is -0.279 e. The first kappa shape index (κ1) is 14.7. The van der Waals surface area contributed by atoms with Gasteiger partial charge in [-0.05, 0) is 38.0 Å². The largest absolute Gasteiger partial charge is 0.279 e. The van der Waals surface area contributed by atoms with Crippen LogP contribution in [0.25, 0.3) is 0 Å². The fourth-order valence-corrected chi connectivity index (χ4v) is 7.55. The lowest BCUT2D eigenvalue weighted by Crippen LogP contribution is -2.46. The van der Waals surface area contributed by atoms with Gasteiger partial charge in [-0.3, -0.25) is 14.5 Å². The standard InChI is InChI=1S/C16H21Br2NO2/c1-16-10-7-9(12(17)13(10)18)11(16)14(20)19(15(16)21)8-5-3-2-4-6-8/h8-13H,2-7H2,1H3/t9-,10+,11-,12-,13-,16+/m1/s1. The molecule has 4 aliphatic rings. The summed E-state index contributed by atoms with van der Waals surface area (Å²) in [5.74, 6) is 0.776. The van der Waals surface area contributed by atoms with Gasteiger partial charge in [-0.25, -0.2) is 0 Å². The third-order valence-corrected chi connectivity index (χ3v) is 9.76. The Hall–Kier alpha value is 0.1000. The molecule has 0 aromatic carbocycles. The van der Waals surface area contributed by atoms with E-state index in [-0.39, 0.29) is 23.8 Å². The first-order valence-electron chi connectivity index (χ1n) is 8.13. The van der Waals surface area contributed by atoms with Crippen LogP contribution in [0.1, 0.15) is 45.4 Å². The van der Waals surface area contributed by atoms with E-state index >= 15 is 0 Å². The van der Waals surface area contributed by atoms with E-state index in [0.717, 1.165) is 32.1 Å². The van der Waals surface area contributed by atoms with Crippen LogP contribution < -0.4 is 0 Å². The highest BCUT2D eigenvalue weighted by atomic mass is 79.9. The van der Waals surface area contributed by atoms with Crippen LogP contribution in [0.4, 0.5) is 0 Å². The van der Waals surface area contributed by atoms with Crippen molar-refractivity contribution in [3.63, 3.8) is 0 Å². The highest BCUT2D eigenvalue weighted by molar-refractivity contribution is 9.12. The molecule has 2 bridgehead atoms. The Morgan fingerprint density at radius 3 is 2.43 bits per heavy atom. The van der Waals surface area contributed by atoms with E-state index in [1.165, 1.54) is 6.42 Å². The molecule has 0 aromatic heterocycles. The molecule has 0 unspecified atom stereocenters. The molecule has 1 aliphatic heterocycles. The molecule has 21 heavy (non-hydrogen) atoms. The maximum atomic E-state index is 13.1. The second kappa shape index (κ2) is 4.80. The summed E-state index contributed by atoms with van der Waals surface area (Å²) in [4.78, 5) is 28.5. The molecule has 3 saturated carbocycles. The third-order valence-electron chi connectivity index (χ3n) is 6.59. The van der Waals surface area contributed by atoms with E-state index in [0.29, 0.717) is 21.5 Å². The van der Waals surface area contributed by atoms with Gasteiger partial charge in [0.1, 0.15) is 0 Å². The number of carbonyl (C=O) groups excluding carboxylic acids is 2. The van der Waals surface area contributed by atoms with Crippen LogP contribution >= 0.6 is 31.9 Å². The zero-order valence-corrected chi connectivity index (χ0v) is 15.4. The van der Waals surface area contributed by atoms with Gasteiger partial charge in [0, 0.05) is 15.7 Å². The second-order valence-corrected chi connectivity index (χ2v) is 9.58. The quantitative estimate of drug-likeness (QED) is 0.482. The molecular formula is C16H21Br2NO2. The molecule has 6 atom stereocenters. The molecule has 0 aromatic rings. The molecule has 1 saturated heterocycles. The second-order valence-electron chi connectivity index (χ2n) is 7.46. The van der Waals surface area contributed by atoms with Crippen molar-refractivity contribution in [3.05, 3.63) is 0 Å². The van der Waals surface area contributed by atoms with Crippen LogP contribution in [0.3, 0.4) is 0 Å². The van der Waals surface area contributed by atoms with Gasteiger partial charge in [-0.2, -0.15) is 0 Å². The van der Waals surface area contributed by atoms with Gasteiger partial charge in [0.15, 0.2) is 0 Å². The van der Waals surface area contributed by atoms with E-state index in [4.69, 9.17) is 0 Å². The summed E-state index contributed by atoms with van der Waals surface area (Å²) in [6, 6.07) is 0.170. The van der Waals surface area contributed by atoms with Gasteiger partial charge >= 0.3 is 0 Å². The van der Waals surface area contributed by atoms with Crippen LogP contribution in [0, 0.1) is 23.2 Å². The van der Waals surface area contributed by atoms with Gasteiger partial charge in [0.05, 0.1) is 11.3 Å². The SMILES string of the molecule is C[C@@]12C(=O)N(C3CCCCC3)C(=O)[C@H]1[C@H]1C[C@H]2[C@@H](Br)[C@@H]1Br. The predicted octanol–water partition coefficient (Wildman–Crippen LogP) is 3.49. The average molecular weight is 419 g/mol. The molecule has 4 rings (SSSR count). The van der Waals surface area contributed by atoms with Crippen molar-refractivity contribution in [1.29, 1.82) is 0 Å². The third kappa shape index (κ3) is 1.71. The molecule has 0 radical (unpaired) electrons. The number of hydrogen-bond donors (Lipinski definition) is 0. The summed E-state index contributed by atoms with van der Waals surface area (Å²) in [7, 11) is 0. The van der Waals surface area contributed by atoms with Crippen molar-refractivity contribution >= 4 is 43.7 Å². The van der Waals surface area contributed by atoms with Crippen LogP contribution in [0.5, 0.6) is 0 Å². The lowest BCUT2D eigenvalue weighted by molar-refractivity contribution is -0.145. The van der Waals surface area contributed by atoms with Crippen molar-refractivity contribution < 1.29 is 9.59 Å². The van der Waals surface area contributed by atoms with Gasteiger partial charge in [-0.15, -0.1) is 0 Å². The first-order valence-corrected chi connectivity index (χ1v) is 9.96. The fraction of sp³-hybridized carbons (Fsp3) is 0.875. The lowest BCUT2D eigenvalue weighted by Gasteiger charge is -2.37. The summed E-state index contributed by atoms with van der Waals surface area (Å²) < 4.78 is 0. The van der Waals surface area contributed by atoms with Crippen molar-refractivity contribution in [2.75, 3.05) is 0 Å². The van der Waals surface area contributed by atoms with Crippen molar-refractivity contribution in [2.24, 2.45) is 23.2 Å². The topological polar surface area (TPSA) is 37.4 Å². The van der Waals surface area contributed by atoms with Crippen molar-refractivity contribution in [3.8, 4) is 0 Å². The monoisotopic (exact) mass is 417 g/mol. The molecule has 116 valence electrons. The molecule has 0 spiro atoms. The van der Waals surface area contributed by atoms with Crippen LogP contribution in [-0.2, 0) is 9.59 Å². The summed E-state index contributed by atoms with van der Waals surface area (Å²) in [6.07, 6.45) is 6.56. The molecule has 0 N–H and O–H groups in total. The molecule has 1 heterocycles. The number of alkyl halides is 2. The molecule has 4 fully saturated rings. The number of likely N-dealkylation sites (tertiary alicyclic amines) is 1. The van der Waals surface area contributed by atoms with Crippen LogP contribution in [0.2, 0.25) is 0 Å². The number of fused-ring (bicyclic) bond motifs is 5. The lowest BCUT2D eigenvalue weighted by atomic mass is 9.69. The Bertz CT molecular complexity index is 505. The number of imide groups is 1. The maximum Gasteiger partial charge on any atom is 0.236 e. The van der Waals surface area contributed by atoms with Crippen LogP contribution in [0.15, 0.2) is 0 Å². The van der Waals surface area contributed by atoms with E-state index in [1.807, 2.05) is 0 Å². The number of halogens is 2. The highest BCUT2D eigenvalue weighted by Gasteiger charge is 2.73. The van der Waals surface area contributed by atoms with E-state index in [9.17, 15) is 9.59 Å². The highest BCUT2D eigenvalue weighted by Crippen LogP contribution is 2.66. The van der Waals surface area contributed by atoms with Gasteiger partial charge in [-0.1, -0.05) is 51.1 Å². The molecular weight excluding hydrogens is 398 g/mol. The number of nitrogens with zero attached hydrogens (tertiary/aromatic N) is 1. The summed E-state index contributed by atoms with van der Waals surface area (Å²) >= 11 is 7.52. The zero-order valence-electron chi connectivity index (χ0n) is 12.2. The number of hydrogen-bond acceptors (Lipinski definition) is 2. The van der Waals surface area contributed by atoms with Crippen LogP contribution in [-0.4, -0.2) is 32.4 Å². The van der Waals surface area contributed by atoms with Gasteiger partial charge in [0.2, 0.25) is 11.8 Å². The van der Waals surface area contributed by atoms with Crippen molar-refractivity contribution in [1.82, 2.24) is 4.90 Å². The van der Waals surface area contributed by atoms with Crippen molar-refractivity contribution in [2.45, 2.75) is 61.1 Å². The average Bonchev–Trinajstić information content (AvgIpc) is 3.01. The number of amides is 2. The van der Waals surface area contributed by atoms with E-state index in [2.05, 4.69) is 38.8 Å². The molecule has 2 amide bonds. The Morgan fingerprint density at radius 2 is 1.76 bits per heavy atom. The van der Waals surface area contributed by atoms with E-state index < -0.39 is 5.41 Å². The van der Waals surface area contributed by atoms with Gasteiger partial charge < -0.3 is 0 Å². The predicted molar refractivity (Wildman–Crippen MR) is 87.4 cm³/mol. The molecule has 3 nitrogen and oxygen atoms in total. The minimum absolute atomic E-state index is 0.0879. The Labute approximate surface area is 142 Å².